The molecule has 1 aromatic heterocycles. The van der Waals surface area contributed by atoms with Crippen molar-refractivity contribution in [3.8, 4) is 0 Å². The zero-order valence-corrected chi connectivity index (χ0v) is 17.8. The lowest BCUT2D eigenvalue weighted by atomic mass is 9.49. The van der Waals surface area contributed by atoms with Crippen molar-refractivity contribution in [2.24, 2.45) is 23.2 Å². The number of para-hydroxylation sites is 1. The van der Waals surface area contributed by atoms with E-state index in [1.807, 2.05) is 30.3 Å². The monoisotopic (exact) mass is 426 g/mol. The van der Waals surface area contributed by atoms with E-state index in [1.54, 1.807) is 0 Å². The van der Waals surface area contributed by atoms with E-state index in [-0.39, 0.29) is 30.3 Å². The number of aromatic nitrogens is 1. The molecule has 0 aliphatic heterocycles. The van der Waals surface area contributed by atoms with Crippen LogP contribution in [0.1, 0.15) is 50.5 Å². The minimum absolute atomic E-state index is 0.0818. The maximum absolute atomic E-state index is 12.9. The predicted octanol–water partition coefficient (Wildman–Crippen LogP) is 4.65. The molecule has 1 heterocycles. The van der Waals surface area contributed by atoms with Crippen LogP contribution in [0.5, 0.6) is 0 Å². The van der Waals surface area contributed by atoms with Gasteiger partial charge in [0, 0.05) is 22.9 Å². The average molecular weight is 427 g/mol. The summed E-state index contributed by atoms with van der Waals surface area (Å²) in [4.78, 5) is 29.5. The third-order valence-electron chi connectivity index (χ3n) is 7.27. The molecule has 4 bridgehead atoms. The molecule has 0 radical (unpaired) electrons. The molecule has 2 aromatic rings. The summed E-state index contributed by atoms with van der Waals surface area (Å²) in [6, 6.07) is 9.57. The van der Waals surface area contributed by atoms with Gasteiger partial charge in [0.25, 0.3) is 0 Å². The third kappa shape index (κ3) is 3.80. The fraction of sp³-hybridized carbons (Fsp3) is 0.542. The van der Waals surface area contributed by atoms with Crippen LogP contribution in [0, 0.1) is 23.2 Å². The van der Waals surface area contributed by atoms with Crippen LogP contribution in [0.3, 0.4) is 0 Å². The van der Waals surface area contributed by atoms with Crippen LogP contribution in [-0.2, 0) is 20.9 Å². The zero-order chi connectivity index (χ0) is 20.7. The largest absolute Gasteiger partial charge is 0.461 e. The molecule has 0 atom stereocenters. The highest BCUT2D eigenvalue weighted by Gasteiger charge is 2.54. The number of ether oxygens (including phenoxy) is 1. The standard InChI is InChI=1S/C24H27ClN2O3/c25-22-19(10-18-3-1-2-4-20(18)27-22)14-30-21(28)5-6-26-23(29)24-11-15-7-16(12-24)9-17(8-15)13-24/h1-4,10,15-17H,5-9,11-14H2,(H,26,29). The molecule has 30 heavy (non-hydrogen) atoms. The maximum Gasteiger partial charge on any atom is 0.307 e. The van der Waals surface area contributed by atoms with Crippen molar-refractivity contribution in [3.05, 3.63) is 41.0 Å². The lowest BCUT2D eigenvalue weighted by Crippen LogP contribution is -2.53. The minimum Gasteiger partial charge on any atom is -0.461 e. The van der Waals surface area contributed by atoms with E-state index in [9.17, 15) is 9.59 Å². The van der Waals surface area contributed by atoms with Crippen LogP contribution in [0.25, 0.3) is 10.9 Å². The molecule has 1 N–H and O–H groups in total. The van der Waals surface area contributed by atoms with Gasteiger partial charge in [-0.1, -0.05) is 29.8 Å². The number of hydrogen-bond acceptors (Lipinski definition) is 4. The van der Waals surface area contributed by atoms with Crippen molar-refractivity contribution < 1.29 is 14.3 Å². The molecule has 6 rings (SSSR count). The number of hydrogen-bond donors (Lipinski definition) is 1. The van der Waals surface area contributed by atoms with Gasteiger partial charge in [0.1, 0.15) is 11.8 Å². The molecular weight excluding hydrogens is 400 g/mol. The molecule has 1 amide bonds. The first kappa shape index (κ1) is 19.8. The summed E-state index contributed by atoms with van der Waals surface area (Å²) in [6.45, 7) is 0.404. The van der Waals surface area contributed by atoms with Gasteiger partial charge >= 0.3 is 5.97 Å². The Morgan fingerprint density at radius 2 is 1.77 bits per heavy atom. The van der Waals surface area contributed by atoms with E-state index in [4.69, 9.17) is 16.3 Å². The molecule has 158 valence electrons. The predicted molar refractivity (Wildman–Crippen MR) is 115 cm³/mol. The topological polar surface area (TPSA) is 68.3 Å². The summed E-state index contributed by atoms with van der Waals surface area (Å²) in [5.74, 6) is 1.99. The number of halogens is 1. The molecule has 4 aliphatic rings. The van der Waals surface area contributed by atoms with E-state index in [0.717, 1.165) is 47.9 Å². The van der Waals surface area contributed by atoms with E-state index >= 15 is 0 Å². The van der Waals surface area contributed by atoms with Gasteiger partial charge in [-0.25, -0.2) is 4.98 Å². The van der Waals surface area contributed by atoms with Gasteiger partial charge in [-0.05, 0) is 68.4 Å². The van der Waals surface area contributed by atoms with Crippen LogP contribution in [0.4, 0.5) is 0 Å². The van der Waals surface area contributed by atoms with Crippen LogP contribution in [-0.4, -0.2) is 23.4 Å². The number of carbonyl (C=O) groups is 2. The highest BCUT2D eigenvalue weighted by Crippen LogP contribution is 2.60. The Morgan fingerprint density at radius 3 is 2.47 bits per heavy atom. The third-order valence-corrected chi connectivity index (χ3v) is 7.60. The summed E-state index contributed by atoms with van der Waals surface area (Å²) in [7, 11) is 0. The van der Waals surface area contributed by atoms with Crippen LogP contribution in [0.15, 0.2) is 30.3 Å². The molecule has 4 fully saturated rings. The summed E-state index contributed by atoms with van der Waals surface area (Å²) in [6.07, 6.45) is 7.19. The van der Waals surface area contributed by atoms with Gasteiger partial charge in [0.15, 0.2) is 0 Å². The van der Waals surface area contributed by atoms with Gasteiger partial charge in [-0.15, -0.1) is 0 Å². The number of nitrogens with zero attached hydrogens (tertiary/aromatic N) is 1. The smallest absolute Gasteiger partial charge is 0.307 e. The number of nitrogens with one attached hydrogen (secondary N) is 1. The summed E-state index contributed by atoms with van der Waals surface area (Å²) < 4.78 is 5.37. The van der Waals surface area contributed by atoms with E-state index < -0.39 is 0 Å². The number of pyridine rings is 1. The Bertz CT molecular complexity index is 954. The molecule has 0 unspecified atom stereocenters. The van der Waals surface area contributed by atoms with E-state index in [1.165, 1.54) is 19.3 Å². The number of esters is 1. The van der Waals surface area contributed by atoms with Crippen molar-refractivity contribution in [2.45, 2.75) is 51.6 Å². The van der Waals surface area contributed by atoms with E-state index in [2.05, 4.69) is 10.3 Å². The number of carbonyl (C=O) groups excluding carboxylic acids is 2. The van der Waals surface area contributed by atoms with Gasteiger partial charge in [0.2, 0.25) is 5.91 Å². The molecule has 0 saturated heterocycles. The molecular formula is C24H27ClN2O3. The lowest BCUT2D eigenvalue weighted by molar-refractivity contribution is -0.147. The van der Waals surface area contributed by atoms with Gasteiger partial charge in [-0.3, -0.25) is 9.59 Å². The van der Waals surface area contributed by atoms with Crippen molar-refractivity contribution >= 4 is 34.4 Å². The minimum atomic E-state index is -0.343. The Kier molecular flexibility index (Phi) is 5.18. The normalized spacial score (nSPS) is 29.2. The van der Waals surface area contributed by atoms with Crippen molar-refractivity contribution in [2.75, 3.05) is 6.54 Å². The SMILES string of the molecule is O=C(CCNC(=O)C12CC3CC(CC(C3)C1)C2)OCc1cc2ccccc2nc1Cl. The van der Waals surface area contributed by atoms with E-state index in [0.29, 0.717) is 17.3 Å². The summed E-state index contributed by atoms with van der Waals surface area (Å²) in [5.41, 5.74) is 1.31. The first-order valence-corrected chi connectivity index (χ1v) is 11.4. The Hall–Kier alpha value is -2.14. The second-order valence-electron chi connectivity index (χ2n) is 9.50. The van der Waals surface area contributed by atoms with Crippen LogP contribution >= 0.6 is 11.6 Å². The first-order valence-electron chi connectivity index (χ1n) is 11.0. The molecule has 5 nitrogen and oxygen atoms in total. The highest BCUT2D eigenvalue weighted by atomic mass is 35.5. The maximum atomic E-state index is 12.9. The Balaban J connectivity index is 1.11. The Morgan fingerprint density at radius 1 is 1.10 bits per heavy atom. The fourth-order valence-electron chi connectivity index (χ4n) is 6.32. The summed E-state index contributed by atoms with van der Waals surface area (Å²) >= 11 is 6.22. The number of benzene rings is 1. The van der Waals surface area contributed by atoms with Crippen molar-refractivity contribution in [3.63, 3.8) is 0 Å². The second kappa shape index (κ2) is 7.84. The summed E-state index contributed by atoms with van der Waals surface area (Å²) in [5, 5.41) is 4.32. The van der Waals surface area contributed by atoms with Crippen molar-refractivity contribution in [1.29, 1.82) is 0 Å². The number of amides is 1. The van der Waals surface area contributed by atoms with Gasteiger partial charge in [-0.2, -0.15) is 0 Å². The van der Waals surface area contributed by atoms with Crippen LogP contribution < -0.4 is 5.32 Å². The zero-order valence-electron chi connectivity index (χ0n) is 17.0. The quantitative estimate of drug-likeness (QED) is 0.539. The highest BCUT2D eigenvalue weighted by molar-refractivity contribution is 6.30. The van der Waals surface area contributed by atoms with Crippen molar-refractivity contribution in [1.82, 2.24) is 10.3 Å². The molecule has 4 aliphatic carbocycles. The fourth-order valence-corrected chi connectivity index (χ4v) is 6.52. The molecule has 4 saturated carbocycles. The molecule has 1 aromatic carbocycles. The second-order valence-corrected chi connectivity index (χ2v) is 9.85. The number of fused-ring (bicyclic) bond motifs is 1. The first-order chi connectivity index (χ1) is 14.5. The molecule has 0 spiro atoms. The van der Waals surface area contributed by atoms with Gasteiger partial charge in [0.05, 0.1) is 11.9 Å². The van der Waals surface area contributed by atoms with Crippen LogP contribution in [0.2, 0.25) is 5.15 Å². The Labute approximate surface area is 181 Å². The van der Waals surface area contributed by atoms with Gasteiger partial charge < -0.3 is 10.1 Å². The lowest BCUT2D eigenvalue weighted by Gasteiger charge is -2.55. The average Bonchev–Trinajstić information content (AvgIpc) is 2.71. The number of rotatable bonds is 6. The molecule has 6 heteroatoms.